The van der Waals surface area contributed by atoms with Gasteiger partial charge < -0.3 is 9.64 Å². The van der Waals surface area contributed by atoms with E-state index in [1.165, 1.54) is 4.90 Å². The molecule has 0 saturated heterocycles. The molecule has 0 heterocycles. The minimum atomic E-state index is -0.447. The van der Waals surface area contributed by atoms with E-state index in [2.05, 4.69) is 0 Å². The lowest BCUT2D eigenvalue weighted by atomic mass is 10.5. The largest absolute Gasteiger partial charge is 0.377 e. The van der Waals surface area contributed by atoms with E-state index in [0.29, 0.717) is 13.2 Å². The fraction of sp³-hybridized carbons (Fsp3) is 0.857. The number of carbonyl (C=O) groups excluding carboxylic acids is 1. The summed E-state index contributed by atoms with van der Waals surface area (Å²) in [5, 5.41) is -0.447. The van der Waals surface area contributed by atoms with Gasteiger partial charge in [-0.3, -0.25) is 4.79 Å². The number of carbonyl (C=O) groups is 1. The van der Waals surface area contributed by atoms with Gasteiger partial charge >= 0.3 is 5.37 Å². The fourth-order valence-electron chi connectivity index (χ4n) is 0.513. The molecule has 3 nitrogen and oxygen atoms in total. The maximum atomic E-state index is 10.5. The average Bonchev–Trinajstić information content (AvgIpc) is 1.86. The molecule has 0 aliphatic heterocycles. The molecular formula is C7H14ClNO2. The maximum absolute atomic E-state index is 10.5. The molecule has 0 bridgehead atoms. The number of amides is 1. The van der Waals surface area contributed by atoms with E-state index in [1.54, 1.807) is 7.05 Å². The number of hydrogen-bond donors (Lipinski definition) is 0. The number of likely N-dealkylation sites (N-methyl/N-ethyl adjacent to an activating group) is 1. The Bertz CT molecular complexity index is 128. The second-order valence-corrected chi connectivity index (χ2v) is 2.92. The van der Waals surface area contributed by atoms with E-state index >= 15 is 0 Å². The Kier molecular flexibility index (Phi) is 5.24. The van der Waals surface area contributed by atoms with Gasteiger partial charge in [0.05, 0.1) is 12.7 Å². The van der Waals surface area contributed by atoms with Crippen LogP contribution in [0.4, 0.5) is 4.79 Å². The highest BCUT2D eigenvalue weighted by Crippen LogP contribution is 1.93. The lowest BCUT2D eigenvalue weighted by molar-refractivity contribution is 0.0699. The summed E-state index contributed by atoms with van der Waals surface area (Å²) in [6, 6.07) is 0. The van der Waals surface area contributed by atoms with Crippen LogP contribution in [0.2, 0.25) is 0 Å². The van der Waals surface area contributed by atoms with Crippen molar-refractivity contribution >= 4 is 17.0 Å². The van der Waals surface area contributed by atoms with E-state index in [9.17, 15) is 4.79 Å². The maximum Gasteiger partial charge on any atom is 0.316 e. The molecule has 1 amide bonds. The van der Waals surface area contributed by atoms with Crippen molar-refractivity contribution < 1.29 is 9.53 Å². The minimum Gasteiger partial charge on any atom is -0.377 e. The van der Waals surface area contributed by atoms with Crippen molar-refractivity contribution in [1.82, 2.24) is 4.90 Å². The van der Waals surface area contributed by atoms with Crippen molar-refractivity contribution in [2.75, 3.05) is 20.2 Å². The predicted molar refractivity (Wildman–Crippen MR) is 45.0 cm³/mol. The Morgan fingerprint density at radius 3 is 2.55 bits per heavy atom. The van der Waals surface area contributed by atoms with Crippen LogP contribution >= 0.6 is 11.6 Å². The lowest BCUT2D eigenvalue weighted by Crippen LogP contribution is -2.26. The van der Waals surface area contributed by atoms with E-state index < -0.39 is 5.37 Å². The van der Waals surface area contributed by atoms with Gasteiger partial charge in [-0.1, -0.05) is 0 Å². The van der Waals surface area contributed by atoms with Crippen molar-refractivity contribution in [2.45, 2.75) is 20.0 Å². The molecule has 0 fully saturated rings. The first-order chi connectivity index (χ1) is 5.04. The molecule has 0 aliphatic rings. The third kappa shape index (κ3) is 6.13. The lowest BCUT2D eigenvalue weighted by Gasteiger charge is -2.14. The van der Waals surface area contributed by atoms with Crippen LogP contribution in [0.1, 0.15) is 13.8 Å². The first-order valence-electron chi connectivity index (χ1n) is 3.56. The highest BCUT2D eigenvalue weighted by atomic mass is 35.5. The van der Waals surface area contributed by atoms with Gasteiger partial charge in [-0.15, -0.1) is 0 Å². The molecule has 0 radical (unpaired) electrons. The van der Waals surface area contributed by atoms with Crippen LogP contribution in [-0.2, 0) is 4.74 Å². The summed E-state index contributed by atoms with van der Waals surface area (Å²) >= 11 is 5.18. The van der Waals surface area contributed by atoms with E-state index in [0.717, 1.165) is 0 Å². The number of hydrogen-bond acceptors (Lipinski definition) is 2. The van der Waals surface area contributed by atoms with Gasteiger partial charge in [0.25, 0.3) is 0 Å². The van der Waals surface area contributed by atoms with Gasteiger partial charge in [0.1, 0.15) is 0 Å². The molecule has 4 heteroatoms. The Labute approximate surface area is 72.3 Å². The van der Waals surface area contributed by atoms with Crippen LogP contribution in [0.3, 0.4) is 0 Å². The molecule has 0 rings (SSSR count). The van der Waals surface area contributed by atoms with E-state index in [-0.39, 0.29) is 6.10 Å². The molecule has 0 aromatic carbocycles. The molecule has 0 aromatic rings. The Balaban J connectivity index is 3.31. The van der Waals surface area contributed by atoms with Gasteiger partial charge in [0, 0.05) is 13.6 Å². The number of nitrogens with zero attached hydrogens (tertiary/aromatic N) is 1. The minimum absolute atomic E-state index is 0.203. The van der Waals surface area contributed by atoms with E-state index in [1.807, 2.05) is 13.8 Å². The van der Waals surface area contributed by atoms with Crippen LogP contribution in [0.25, 0.3) is 0 Å². The Morgan fingerprint density at radius 2 is 2.18 bits per heavy atom. The van der Waals surface area contributed by atoms with Crippen molar-refractivity contribution in [3.63, 3.8) is 0 Å². The molecule has 0 aliphatic carbocycles. The van der Waals surface area contributed by atoms with Gasteiger partial charge in [-0.2, -0.15) is 0 Å². The fourth-order valence-corrected chi connectivity index (χ4v) is 0.598. The van der Waals surface area contributed by atoms with Crippen LogP contribution in [0.15, 0.2) is 0 Å². The van der Waals surface area contributed by atoms with Crippen molar-refractivity contribution in [3.05, 3.63) is 0 Å². The monoisotopic (exact) mass is 179 g/mol. The summed E-state index contributed by atoms with van der Waals surface area (Å²) in [5.41, 5.74) is 0. The molecule has 11 heavy (non-hydrogen) atoms. The number of halogens is 1. The normalized spacial score (nSPS) is 10.3. The highest BCUT2D eigenvalue weighted by molar-refractivity contribution is 6.62. The van der Waals surface area contributed by atoms with Gasteiger partial charge in [0.2, 0.25) is 0 Å². The van der Waals surface area contributed by atoms with Gasteiger partial charge in [-0.25, -0.2) is 0 Å². The first-order valence-corrected chi connectivity index (χ1v) is 3.94. The molecule has 0 N–H and O–H groups in total. The highest BCUT2D eigenvalue weighted by Gasteiger charge is 2.03. The summed E-state index contributed by atoms with van der Waals surface area (Å²) in [6.45, 7) is 4.97. The second kappa shape index (κ2) is 5.38. The van der Waals surface area contributed by atoms with Crippen LogP contribution in [-0.4, -0.2) is 36.6 Å². The predicted octanol–water partition coefficient (Wildman–Crippen LogP) is 1.70. The third-order valence-corrected chi connectivity index (χ3v) is 1.47. The Morgan fingerprint density at radius 1 is 1.64 bits per heavy atom. The second-order valence-electron chi connectivity index (χ2n) is 2.59. The average molecular weight is 180 g/mol. The SMILES string of the molecule is CC(C)OCCN(C)C(=O)Cl. The molecule has 0 atom stereocenters. The first kappa shape index (κ1) is 10.7. The Hall–Kier alpha value is -0.280. The molecule has 66 valence electrons. The summed E-state index contributed by atoms with van der Waals surface area (Å²) in [7, 11) is 1.64. The number of ether oxygens (including phenoxy) is 1. The topological polar surface area (TPSA) is 29.5 Å². The van der Waals surface area contributed by atoms with Crippen LogP contribution in [0, 0.1) is 0 Å². The quantitative estimate of drug-likeness (QED) is 0.486. The molecule has 0 aromatic heterocycles. The zero-order chi connectivity index (χ0) is 8.85. The van der Waals surface area contributed by atoms with Crippen molar-refractivity contribution in [2.24, 2.45) is 0 Å². The molecule has 0 saturated carbocycles. The standard InChI is InChI=1S/C7H14ClNO2/c1-6(2)11-5-4-9(3)7(8)10/h6H,4-5H2,1-3H3. The van der Waals surface area contributed by atoms with Crippen LogP contribution in [0.5, 0.6) is 0 Å². The summed E-state index contributed by atoms with van der Waals surface area (Å²) in [4.78, 5) is 11.9. The molecular weight excluding hydrogens is 166 g/mol. The third-order valence-electron chi connectivity index (χ3n) is 1.18. The zero-order valence-corrected chi connectivity index (χ0v) is 7.89. The summed E-state index contributed by atoms with van der Waals surface area (Å²) in [5.74, 6) is 0. The summed E-state index contributed by atoms with van der Waals surface area (Å²) < 4.78 is 5.21. The van der Waals surface area contributed by atoms with Crippen molar-refractivity contribution in [1.29, 1.82) is 0 Å². The number of rotatable bonds is 4. The van der Waals surface area contributed by atoms with Gasteiger partial charge in [0.15, 0.2) is 0 Å². The zero-order valence-electron chi connectivity index (χ0n) is 7.13. The van der Waals surface area contributed by atoms with Crippen LogP contribution < -0.4 is 0 Å². The van der Waals surface area contributed by atoms with E-state index in [4.69, 9.17) is 16.3 Å². The smallest absolute Gasteiger partial charge is 0.316 e. The van der Waals surface area contributed by atoms with Gasteiger partial charge in [-0.05, 0) is 25.4 Å². The molecule has 0 spiro atoms. The molecule has 0 unspecified atom stereocenters. The van der Waals surface area contributed by atoms with Crippen molar-refractivity contribution in [3.8, 4) is 0 Å². The summed E-state index contributed by atoms with van der Waals surface area (Å²) in [6.07, 6.45) is 0.203.